The molecule has 0 aliphatic heterocycles. The molecule has 0 bridgehead atoms. The van der Waals surface area contributed by atoms with Crippen LogP contribution in [0.1, 0.15) is 25.5 Å². The van der Waals surface area contributed by atoms with Gasteiger partial charge in [-0.3, -0.25) is 9.10 Å². The molecular formula is C23H21ClF2N2O4S. The number of primary amides is 1. The van der Waals surface area contributed by atoms with Crippen LogP contribution < -0.4 is 14.8 Å². The molecule has 174 valence electrons. The summed E-state index contributed by atoms with van der Waals surface area (Å²) in [7, 11) is -4.40. The minimum absolute atomic E-state index is 0.171. The van der Waals surface area contributed by atoms with Gasteiger partial charge in [0.05, 0.1) is 16.6 Å². The molecule has 33 heavy (non-hydrogen) atoms. The third-order valence-electron chi connectivity index (χ3n) is 4.94. The number of carbonyl (C=O) groups excluding carboxylic acids is 1. The van der Waals surface area contributed by atoms with Gasteiger partial charge >= 0.3 is 0 Å². The molecule has 6 nitrogen and oxygen atoms in total. The summed E-state index contributed by atoms with van der Waals surface area (Å²) in [6.45, 7) is 2.94. The van der Waals surface area contributed by atoms with Crippen molar-refractivity contribution in [1.29, 1.82) is 0 Å². The fourth-order valence-corrected chi connectivity index (χ4v) is 4.99. The topological polar surface area (TPSA) is 89.7 Å². The summed E-state index contributed by atoms with van der Waals surface area (Å²) in [4.78, 5) is 11.3. The van der Waals surface area contributed by atoms with Gasteiger partial charge in [-0.05, 0) is 56.3 Å². The average Bonchev–Trinajstić information content (AvgIpc) is 2.76. The summed E-state index contributed by atoms with van der Waals surface area (Å²) in [6.07, 6.45) is -1.01. The number of hydrogen-bond donors (Lipinski definition) is 1. The number of anilines is 1. The van der Waals surface area contributed by atoms with E-state index in [9.17, 15) is 22.0 Å². The van der Waals surface area contributed by atoms with Crippen LogP contribution >= 0.6 is 11.6 Å². The van der Waals surface area contributed by atoms with Crippen LogP contribution in [0.4, 0.5) is 14.5 Å². The van der Waals surface area contributed by atoms with E-state index < -0.39 is 45.4 Å². The van der Waals surface area contributed by atoms with E-state index in [1.807, 2.05) is 0 Å². The van der Waals surface area contributed by atoms with E-state index in [-0.39, 0.29) is 10.6 Å². The fourth-order valence-electron chi connectivity index (χ4n) is 3.23. The second-order valence-corrected chi connectivity index (χ2v) is 9.48. The molecule has 0 aromatic heterocycles. The quantitative estimate of drug-likeness (QED) is 0.486. The van der Waals surface area contributed by atoms with Gasteiger partial charge in [0.2, 0.25) is 0 Å². The van der Waals surface area contributed by atoms with E-state index in [4.69, 9.17) is 22.1 Å². The molecule has 2 atom stereocenters. The van der Waals surface area contributed by atoms with Crippen molar-refractivity contribution in [3.63, 3.8) is 0 Å². The van der Waals surface area contributed by atoms with E-state index in [2.05, 4.69) is 0 Å². The van der Waals surface area contributed by atoms with Gasteiger partial charge in [-0.2, -0.15) is 0 Å². The number of para-hydroxylation sites is 1. The van der Waals surface area contributed by atoms with Gasteiger partial charge in [0.25, 0.3) is 15.9 Å². The number of carbonyl (C=O) groups is 1. The maximum absolute atomic E-state index is 14.8. The van der Waals surface area contributed by atoms with Crippen molar-refractivity contribution >= 4 is 33.2 Å². The Morgan fingerprint density at radius 3 is 2.30 bits per heavy atom. The molecule has 0 heterocycles. The molecule has 2 N–H and O–H groups in total. The van der Waals surface area contributed by atoms with Crippen LogP contribution in [0.25, 0.3) is 0 Å². The molecule has 0 aliphatic carbocycles. The lowest BCUT2D eigenvalue weighted by Crippen LogP contribution is -2.35. The predicted molar refractivity (Wildman–Crippen MR) is 122 cm³/mol. The number of ether oxygens (including phenoxy) is 1. The highest BCUT2D eigenvalue weighted by Crippen LogP contribution is 2.38. The second-order valence-electron chi connectivity index (χ2n) is 7.23. The Kier molecular flexibility index (Phi) is 7.24. The van der Waals surface area contributed by atoms with Crippen LogP contribution in [0.5, 0.6) is 5.75 Å². The maximum atomic E-state index is 14.8. The fraction of sp³-hybridized carbons (Fsp3) is 0.174. The molecule has 0 spiro atoms. The predicted octanol–water partition coefficient (Wildman–Crippen LogP) is 4.83. The molecule has 0 radical (unpaired) electrons. The molecular weight excluding hydrogens is 474 g/mol. The van der Waals surface area contributed by atoms with Crippen molar-refractivity contribution in [2.75, 3.05) is 4.31 Å². The van der Waals surface area contributed by atoms with E-state index in [1.165, 1.54) is 44.2 Å². The minimum atomic E-state index is -4.40. The smallest absolute Gasteiger partial charge is 0.264 e. The molecule has 2 unspecified atom stereocenters. The Balaban J connectivity index is 2.20. The van der Waals surface area contributed by atoms with Gasteiger partial charge in [0, 0.05) is 16.7 Å². The summed E-state index contributed by atoms with van der Waals surface area (Å²) >= 11 is 5.89. The van der Waals surface area contributed by atoms with Gasteiger partial charge in [0.15, 0.2) is 6.10 Å². The van der Waals surface area contributed by atoms with Crippen molar-refractivity contribution in [2.24, 2.45) is 5.73 Å². The lowest BCUT2D eigenvalue weighted by atomic mass is 10.1. The summed E-state index contributed by atoms with van der Waals surface area (Å²) in [5, 5.41) is 0.310. The molecule has 3 aromatic rings. The number of nitrogens with two attached hydrogens (primary N) is 1. The summed E-state index contributed by atoms with van der Waals surface area (Å²) < 4.78 is 62.6. The second kappa shape index (κ2) is 9.76. The number of sulfonamides is 1. The van der Waals surface area contributed by atoms with E-state index >= 15 is 0 Å². The van der Waals surface area contributed by atoms with Crippen LogP contribution in [-0.4, -0.2) is 20.4 Å². The van der Waals surface area contributed by atoms with E-state index in [1.54, 1.807) is 18.2 Å². The van der Waals surface area contributed by atoms with Crippen LogP contribution in [0.3, 0.4) is 0 Å². The van der Waals surface area contributed by atoms with Crippen LogP contribution in [-0.2, 0) is 14.8 Å². The first kappa shape index (κ1) is 24.5. The van der Waals surface area contributed by atoms with E-state index in [0.29, 0.717) is 10.6 Å². The number of benzene rings is 3. The lowest BCUT2D eigenvalue weighted by Gasteiger charge is -2.32. The molecule has 0 fully saturated rings. The van der Waals surface area contributed by atoms with Gasteiger partial charge in [-0.15, -0.1) is 0 Å². The third-order valence-corrected chi connectivity index (χ3v) is 7.09. The highest BCUT2D eigenvalue weighted by molar-refractivity contribution is 7.92. The first-order valence-corrected chi connectivity index (χ1v) is 11.6. The van der Waals surface area contributed by atoms with Crippen molar-refractivity contribution < 1.29 is 26.7 Å². The summed E-state index contributed by atoms with van der Waals surface area (Å²) in [6, 6.07) is 13.1. The third kappa shape index (κ3) is 5.26. The minimum Gasteiger partial charge on any atom is -0.481 e. The monoisotopic (exact) mass is 494 g/mol. The Hall–Kier alpha value is -3.17. The standard InChI is InChI=1S/C23H21ClF2N2O4S/c1-14(19-5-3-4-6-22(19)32-15(2)23(27)29)28(21-13-17(25)9-12-20(21)26)33(30,31)18-10-7-16(24)8-11-18/h3-15H,1-2H3,(H2,27,29). The van der Waals surface area contributed by atoms with Gasteiger partial charge in [-0.1, -0.05) is 29.8 Å². The van der Waals surface area contributed by atoms with Crippen molar-refractivity contribution in [3.8, 4) is 5.75 Å². The van der Waals surface area contributed by atoms with Crippen LogP contribution in [0.2, 0.25) is 5.02 Å². The van der Waals surface area contributed by atoms with Crippen molar-refractivity contribution in [1.82, 2.24) is 0 Å². The molecule has 0 aliphatic rings. The molecule has 3 rings (SSSR count). The highest BCUT2D eigenvalue weighted by atomic mass is 35.5. The number of rotatable bonds is 8. The number of hydrogen-bond acceptors (Lipinski definition) is 4. The lowest BCUT2D eigenvalue weighted by molar-refractivity contribution is -0.124. The van der Waals surface area contributed by atoms with Crippen molar-refractivity contribution in [3.05, 3.63) is 89.0 Å². The average molecular weight is 495 g/mol. The summed E-state index contributed by atoms with van der Waals surface area (Å²) in [5.41, 5.74) is 5.10. The van der Waals surface area contributed by atoms with E-state index in [0.717, 1.165) is 22.5 Å². The first-order valence-electron chi connectivity index (χ1n) is 9.82. The SMILES string of the molecule is CC(Oc1ccccc1C(C)N(c1cc(F)ccc1F)S(=O)(=O)c1ccc(Cl)cc1)C(N)=O. The molecule has 1 amide bonds. The number of amides is 1. The Labute approximate surface area is 195 Å². The molecule has 10 heteroatoms. The maximum Gasteiger partial charge on any atom is 0.264 e. The normalized spacial score (nSPS) is 13.2. The van der Waals surface area contributed by atoms with Crippen LogP contribution in [0, 0.1) is 11.6 Å². The Morgan fingerprint density at radius 2 is 1.67 bits per heavy atom. The van der Waals surface area contributed by atoms with Gasteiger partial charge in [0.1, 0.15) is 17.4 Å². The van der Waals surface area contributed by atoms with Gasteiger partial charge < -0.3 is 10.5 Å². The highest BCUT2D eigenvalue weighted by Gasteiger charge is 2.34. The molecule has 3 aromatic carbocycles. The summed E-state index contributed by atoms with van der Waals surface area (Å²) in [5.74, 6) is -2.31. The number of nitrogens with zero attached hydrogens (tertiary/aromatic N) is 1. The Morgan fingerprint density at radius 1 is 1.03 bits per heavy atom. The van der Waals surface area contributed by atoms with Crippen molar-refractivity contribution in [2.45, 2.75) is 30.9 Å². The zero-order chi connectivity index (χ0) is 24.3. The zero-order valence-corrected chi connectivity index (χ0v) is 19.3. The Bertz CT molecular complexity index is 1270. The van der Waals surface area contributed by atoms with Gasteiger partial charge in [-0.25, -0.2) is 17.2 Å². The molecule has 0 saturated heterocycles. The van der Waals surface area contributed by atoms with Crippen LogP contribution in [0.15, 0.2) is 71.6 Å². The number of halogens is 3. The zero-order valence-electron chi connectivity index (χ0n) is 17.7. The first-order chi connectivity index (χ1) is 15.5. The molecule has 0 saturated carbocycles. The largest absolute Gasteiger partial charge is 0.481 e.